The Morgan fingerprint density at radius 1 is 1.12 bits per heavy atom. The third-order valence-electron chi connectivity index (χ3n) is 7.03. The largest absolute Gasteiger partial charge is 0.490 e. The Hall–Kier alpha value is -4.51. The molecule has 0 bridgehead atoms. The number of ether oxygens (including phenoxy) is 2. The van der Waals surface area contributed by atoms with Crippen molar-refractivity contribution >= 4 is 29.2 Å². The van der Waals surface area contributed by atoms with Crippen molar-refractivity contribution in [1.82, 2.24) is 14.6 Å². The lowest BCUT2D eigenvalue weighted by Crippen LogP contribution is -2.29. The molecule has 0 aliphatic carbocycles. The fourth-order valence-corrected chi connectivity index (χ4v) is 5.17. The zero-order valence-corrected chi connectivity index (χ0v) is 24.5. The summed E-state index contributed by atoms with van der Waals surface area (Å²) in [6.45, 7) is 11.2. The average Bonchev–Trinajstić information content (AvgIpc) is 3.31. The number of rotatable bonds is 6. The number of halogens is 1. The van der Waals surface area contributed by atoms with Crippen molar-refractivity contribution in [2.75, 3.05) is 17.2 Å². The minimum atomic E-state index is -1.43. The molecule has 0 saturated carbocycles. The van der Waals surface area contributed by atoms with Crippen LogP contribution in [0.4, 0.5) is 20.7 Å². The summed E-state index contributed by atoms with van der Waals surface area (Å²) < 4.78 is 28.6. The molecule has 0 unspecified atom stereocenters. The minimum Gasteiger partial charge on any atom is -0.490 e. The zero-order chi connectivity index (χ0) is 30.3. The van der Waals surface area contributed by atoms with Crippen LogP contribution in [0.1, 0.15) is 61.2 Å². The molecule has 1 aliphatic heterocycles. The molecule has 2 aromatic carbocycles. The van der Waals surface area contributed by atoms with Gasteiger partial charge in [0, 0.05) is 34.1 Å². The number of benzene rings is 2. The van der Waals surface area contributed by atoms with Gasteiger partial charge < -0.3 is 19.9 Å². The van der Waals surface area contributed by atoms with Gasteiger partial charge in [0.1, 0.15) is 0 Å². The number of hydrogen-bond acceptors (Lipinski definition) is 6. The molecule has 2 amide bonds. The van der Waals surface area contributed by atoms with E-state index < -0.39 is 29.5 Å². The molecule has 42 heavy (non-hydrogen) atoms. The highest BCUT2D eigenvalue weighted by Gasteiger charge is 2.34. The standard InChI is InChI=1S/C31H34FN5O5/c1-16-9-11-19(12-10-16)34-30(40)35-23-15-24-33-18(3)25(28(29(38)39)42-31(4,5)6)26(37(24)36-23)21-14-22(32)27-20(17(21)2)8-7-13-41-27/h9-12,14-15,28H,7-8,13H2,1-6H3,(H,38,39)(H2,34,35,36,40)/t28-/m0/s1. The number of aryl methyl sites for hydroxylation is 2. The van der Waals surface area contributed by atoms with Gasteiger partial charge in [0.2, 0.25) is 0 Å². The van der Waals surface area contributed by atoms with E-state index in [1.165, 1.54) is 10.6 Å². The first-order valence-electron chi connectivity index (χ1n) is 13.7. The van der Waals surface area contributed by atoms with Gasteiger partial charge in [-0.3, -0.25) is 5.32 Å². The number of carboxylic acids is 1. The summed E-state index contributed by atoms with van der Waals surface area (Å²) in [5.41, 5.74) is 3.99. The van der Waals surface area contributed by atoms with Gasteiger partial charge in [-0.2, -0.15) is 0 Å². The Bertz CT molecular complexity index is 1690. The molecule has 1 aliphatic rings. The van der Waals surface area contributed by atoms with E-state index in [-0.39, 0.29) is 17.1 Å². The SMILES string of the molecule is Cc1ccc(NC(=O)Nc2cc3nc(C)c([C@H](OC(C)(C)C)C(=O)O)c(-c4cc(F)c5c(c4C)CCCO5)n3n2)cc1. The highest BCUT2D eigenvalue weighted by Crippen LogP contribution is 2.41. The number of carbonyl (C=O) groups excluding carboxylic acids is 1. The van der Waals surface area contributed by atoms with Crippen LogP contribution in [0.3, 0.4) is 0 Å². The summed E-state index contributed by atoms with van der Waals surface area (Å²) in [6, 6.07) is 9.72. The van der Waals surface area contributed by atoms with E-state index in [1.807, 2.05) is 26.0 Å². The van der Waals surface area contributed by atoms with Crippen LogP contribution in [0.25, 0.3) is 16.9 Å². The number of hydrogen-bond donors (Lipinski definition) is 3. The topological polar surface area (TPSA) is 127 Å². The van der Waals surface area contributed by atoms with Crippen LogP contribution >= 0.6 is 0 Å². The van der Waals surface area contributed by atoms with Gasteiger partial charge in [0.05, 0.1) is 17.9 Å². The first kappa shape index (κ1) is 29.0. The molecule has 0 radical (unpaired) electrons. The van der Waals surface area contributed by atoms with Gasteiger partial charge in [-0.1, -0.05) is 17.7 Å². The van der Waals surface area contributed by atoms with Crippen molar-refractivity contribution < 1.29 is 28.6 Å². The number of urea groups is 1. The quantitative estimate of drug-likeness (QED) is 0.244. The maximum atomic E-state index is 15.5. The van der Waals surface area contributed by atoms with E-state index in [1.54, 1.807) is 45.9 Å². The van der Waals surface area contributed by atoms with Gasteiger partial charge >= 0.3 is 12.0 Å². The fraction of sp³-hybridized carbons (Fsp3) is 0.355. The number of amides is 2. The maximum Gasteiger partial charge on any atom is 0.337 e. The lowest BCUT2D eigenvalue weighted by Gasteiger charge is -2.28. The van der Waals surface area contributed by atoms with Crippen LogP contribution in [0.5, 0.6) is 5.75 Å². The van der Waals surface area contributed by atoms with Crippen molar-refractivity contribution in [2.45, 2.75) is 66.1 Å². The van der Waals surface area contributed by atoms with Crippen LogP contribution in [-0.4, -0.2) is 43.9 Å². The number of anilines is 2. The molecular weight excluding hydrogens is 541 g/mol. The first-order chi connectivity index (χ1) is 19.8. The van der Waals surface area contributed by atoms with Gasteiger partial charge in [-0.05, 0) is 78.1 Å². The molecule has 0 saturated heterocycles. The molecule has 11 heteroatoms. The Morgan fingerprint density at radius 3 is 2.50 bits per heavy atom. The van der Waals surface area contributed by atoms with Crippen molar-refractivity contribution in [2.24, 2.45) is 0 Å². The van der Waals surface area contributed by atoms with Gasteiger partial charge in [0.15, 0.2) is 29.1 Å². The van der Waals surface area contributed by atoms with E-state index in [9.17, 15) is 14.7 Å². The Labute approximate surface area is 242 Å². The molecule has 0 spiro atoms. The summed E-state index contributed by atoms with van der Waals surface area (Å²) in [4.78, 5) is 30.1. The molecule has 3 heterocycles. The molecule has 2 aromatic heterocycles. The summed E-state index contributed by atoms with van der Waals surface area (Å²) in [6.07, 6.45) is -0.0944. The molecule has 1 atom stereocenters. The summed E-state index contributed by atoms with van der Waals surface area (Å²) in [5, 5.41) is 20.4. The molecular formula is C31H34FN5O5. The van der Waals surface area contributed by atoms with Crippen LogP contribution < -0.4 is 15.4 Å². The fourth-order valence-electron chi connectivity index (χ4n) is 5.17. The van der Waals surface area contributed by atoms with Crippen molar-refractivity contribution in [1.29, 1.82) is 0 Å². The second-order valence-corrected chi connectivity index (χ2v) is 11.4. The number of fused-ring (bicyclic) bond motifs is 2. The summed E-state index contributed by atoms with van der Waals surface area (Å²) >= 11 is 0. The van der Waals surface area contributed by atoms with Crippen molar-refractivity contribution in [3.05, 3.63) is 70.2 Å². The number of nitrogens with one attached hydrogen (secondary N) is 2. The van der Waals surface area contributed by atoms with E-state index in [0.29, 0.717) is 41.3 Å². The van der Waals surface area contributed by atoms with Crippen LogP contribution in [0.2, 0.25) is 0 Å². The highest BCUT2D eigenvalue weighted by molar-refractivity contribution is 5.99. The average molecular weight is 576 g/mol. The minimum absolute atomic E-state index is 0.174. The maximum absolute atomic E-state index is 15.5. The second-order valence-electron chi connectivity index (χ2n) is 11.4. The smallest absolute Gasteiger partial charge is 0.337 e. The Kier molecular flexibility index (Phi) is 7.63. The molecule has 5 rings (SSSR count). The monoisotopic (exact) mass is 575 g/mol. The van der Waals surface area contributed by atoms with Gasteiger partial charge in [-0.25, -0.2) is 23.5 Å². The zero-order valence-electron chi connectivity index (χ0n) is 24.5. The summed E-state index contributed by atoms with van der Waals surface area (Å²) in [5.74, 6) is -1.39. The number of carboxylic acid groups (broad SMARTS) is 1. The Morgan fingerprint density at radius 2 is 1.83 bits per heavy atom. The van der Waals surface area contributed by atoms with E-state index in [4.69, 9.17) is 9.47 Å². The molecule has 220 valence electrons. The third kappa shape index (κ3) is 5.78. The third-order valence-corrected chi connectivity index (χ3v) is 7.03. The number of aromatic nitrogens is 3. The molecule has 0 fully saturated rings. The predicted octanol–water partition coefficient (Wildman–Crippen LogP) is 6.37. The van der Waals surface area contributed by atoms with Crippen LogP contribution in [0, 0.1) is 26.6 Å². The lowest BCUT2D eigenvalue weighted by molar-refractivity contribution is -0.160. The highest BCUT2D eigenvalue weighted by atomic mass is 19.1. The second kappa shape index (κ2) is 11.1. The lowest BCUT2D eigenvalue weighted by atomic mass is 9.91. The number of nitrogens with zero attached hydrogens (tertiary/aromatic N) is 3. The van der Waals surface area contributed by atoms with Crippen molar-refractivity contribution in [3.63, 3.8) is 0 Å². The van der Waals surface area contributed by atoms with E-state index in [0.717, 1.165) is 23.1 Å². The number of carbonyl (C=O) groups is 2. The Balaban J connectivity index is 1.69. The molecule has 3 N–H and O–H groups in total. The van der Waals surface area contributed by atoms with Crippen LogP contribution in [0.15, 0.2) is 36.4 Å². The van der Waals surface area contributed by atoms with E-state index in [2.05, 4.69) is 20.7 Å². The predicted molar refractivity (Wildman–Crippen MR) is 157 cm³/mol. The first-order valence-corrected chi connectivity index (χ1v) is 13.7. The van der Waals surface area contributed by atoms with Gasteiger partial charge in [0.25, 0.3) is 0 Å². The number of aliphatic carboxylic acids is 1. The molecule has 4 aromatic rings. The molecule has 10 nitrogen and oxygen atoms in total. The van der Waals surface area contributed by atoms with Crippen LogP contribution in [-0.2, 0) is 16.0 Å². The van der Waals surface area contributed by atoms with E-state index >= 15 is 4.39 Å². The normalized spacial score (nSPS) is 13.8. The summed E-state index contributed by atoms with van der Waals surface area (Å²) in [7, 11) is 0. The van der Waals surface area contributed by atoms with Gasteiger partial charge in [-0.15, -0.1) is 5.10 Å². The van der Waals surface area contributed by atoms with Crippen molar-refractivity contribution in [3.8, 4) is 17.0 Å².